The minimum Gasteiger partial charge on any atom is -0.434 e. The molecule has 0 spiro atoms. The van der Waals surface area contributed by atoms with Crippen LogP contribution in [0.3, 0.4) is 0 Å². The first-order valence-corrected chi connectivity index (χ1v) is 6.87. The molecule has 0 amide bonds. The molecule has 3 aromatic rings. The van der Waals surface area contributed by atoms with Gasteiger partial charge in [-0.2, -0.15) is 8.78 Å². The van der Waals surface area contributed by atoms with Crippen LogP contribution in [0.1, 0.15) is 11.4 Å². The van der Waals surface area contributed by atoms with Gasteiger partial charge in [-0.1, -0.05) is 41.9 Å². The third-order valence-corrected chi connectivity index (χ3v) is 3.32. The monoisotopic (exact) mass is 320 g/mol. The van der Waals surface area contributed by atoms with Crippen LogP contribution in [0.4, 0.5) is 8.78 Å². The van der Waals surface area contributed by atoms with Crippen LogP contribution in [0.2, 0.25) is 0 Å². The standard InChI is InChI=1S/C16H11ClF2N2O/c17-11(15-20-12-6-2-3-7-13(12)21-15)9-10-5-1-4-8-14(10)22-16(18)19/h1-9,16H,(H,20,21). The number of hydrogen-bond donors (Lipinski definition) is 1. The number of nitrogens with zero attached hydrogens (tertiary/aromatic N) is 1. The molecule has 3 nitrogen and oxygen atoms in total. The van der Waals surface area contributed by atoms with Crippen LogP contribution in [0.25, 0.3) is 22.1 Å². The molecule has 22 heavy (non-hydrogen) atoms. The molecule has 0 unspecified atom stereocenters. The van der Waals surface area contributed by atoms with Crippen molar-refractivity contribution in [3.8, 4) is 5.75 Å². The molecule has 1 N–H and O–H groups in total. The molecule has 0 aliphatic rings. The van der Waals surface area contributed by atoms with Crippen LogP contribution in [0.5, 0.6) is 5.75 Å². The molecule has 0 saturated carbocycles. The minimum absolute atomic E-state index is 0.0618. The van der Waals surface area contributed by atoms with Crippen molar-refractivity contribution in [2.45, 2.75) is 6.61 Å². The molecular weight excluding hydrogens is 310 g/mol. The van der Waals surface area contributed by atoms with Gasteiger partial charge in [-0.05, 0) is 24.3 Å². The lowest BCUT2D eigenvalue weighted by atomic mass is 10.2. The predicted octanol–water partition coefficient (Wildman–Crippen LogP) is 4.90. The number of H-pyrrole nitrogens is 1. The Balaban J connectivity index is 1.97. The van der Waals surface area contributed by atoms with E-state index in [0.29, 0.717) is 16.4 Å². The van der Waals surface area contributed by atoms with E-state index in [0.717, 1.165) is 11.0 Å². The number of hydrogen-bond acceptors (Lipinski definition) is 2. The van der Waals surface area contributed by atoms with Gasteiger partial charge in [-0.15, -0.1) is 0 Å². The van der Waals surface area contributed by atoms with E-state index in [1.165, 1.54) is 12.1 Å². The number of halogens is 3. The number of nitrogens with one attached hydrogen (secondary N) is 1. The van der Waals surface area contributed by atoms with Crippen molar-refractivity contribution in [3.05, 3.63) is 59.9 Å². The largest absolute Gasteiger partial charge is 0.434 e. The van der Waals surface area contributed by atoms with E-state index >= 15 is 0 Å². The van der Waals surface area contributed by atoms with Crippen molar-refractivity contribution in [1.29, 1.82) is 0 Å². The van der Waals surface area contributed by atoms with Crippen molar-refractivity contribution in [1.82, 2.24) is 9.97 Å². The van der Waals surface area contributed by atoms with Crippen molar-refractivity contribution in [3.63, 3.8) is 0 Å². The summed E-state index contributed by atoms with van der Waals surface area (Å²) in [5.74, 6) is 0.529. The number of ether oxygens (including phenoxy) is 1. The smallest absolute Gasteiger partial charge is 0.387 e. The molecule has 1 heterocycles. The van der Waals surface area contributed by atoms with Gasteiger partial charge in [0.2, 0.25) is 0 Å². The van der Waals surface area contributed by atoms with Gasteiger partial charge in [0.05, 0.1) is 16.1 Å². The summed E-state index contributed by atoms with van der Waals surface area (Å²) >= 11 is 6.25. The highest BCUT2D eigenvalue weighted by Crippen LogP contribution is 2.27. The van der Waals surface area contributed by atoms with Crippen LogP contribution in [-0.4, -0.2) is 16.6 Å². The molecule has 2 aromatic carbocycles. The number of fused-ring (bicyclic) bond motifs is 1. The van der Waals surface area contributed by atoms with E-state index < -0.39 is 6.61 Å². The maximum Gasteiger partial charge on any atom is 0.387 e. The van der Waals surface area contributed by atoms with Crippen LogP contribution in [0.15, 0.2) is 48.5 Å². The van der Waals surface area contributed by atoms with Gasteiger partial charge < -0.3 is 9.72 Å². The van der Waals surface area contributed by atoms with E-state index in [-0.39, 0.29) is 5.75 Å². The van der Waals surface area contributed by atoms with Gasteiger partial charge in [0.1, 0.15) is 11.6 Å². The van der Waals surface area contributed by atoms with Crippen molar-refractivity contribution >= 4 is 33.7 Å². The number of benzene rings is 2. The van der Waals surface area contributed by atoms with Gasteiger partial charge in [0, 0.05) is 5.56 Å². The Morgan fingerprint density at radius 1 is 1.14 bits per heavy atom. The Kier molecular flexibility index (Phi) is 4.06. The number of imidazole rings is 1. The summed E-state index contributed by atoms with van der Waals surface area (Å²) < 4.78 is 29.3. The molecule has 112 valence electrons. The summed E-state index contributed by atoms with van der Waals surface area (Å²) in [5.41, 5.74) is 2.08. The molecular formula is C16H11ClF2N2O. The highest BCUT2D eigenvalue weighted by Gasteiger charge is 2.10. The molecule has 0 radical (unpaired) electrons. The van der Waals surface area contributed by atoms with E-state index in [2.05, 4.69) is 14.7 Å². The van der Waals surface area contributed by atoms with Gasteiger partial charge in [-0.3, -0.25) is 0 Å². The fourth-order valence-corrected chi connectivity index (χ4v) is 2.28. The Labute approximate surface area is 130 Å². The van der Waals surface area contributed by atoms with Gasteiger partial charge in [0.15, 0.2) is 0 Å². The number of alkyl halides is 2. The molecule has 0 aliphatic carbocycles. The molecule has 0 atom stereocenters. The number of para-hydroxylation sites is 3. The van der Waals surface area contributed by atoms with Crippen molar-refractivity contribution in [2.24, 2.45) is 0 Å². The van der Waals surface area contributed by atoms with Crippen LogP contribution in [-0.2, 0) is 0 Å². The molecule has 6 heteroatoms. The SMILES string of the molecule is FC(F)Oc1ccccc1C=C(Cl)c1nc2ccccc2[nH]1. The summed E-state index contributed by atoms with van der Waals surface area (Å²) in [5, 5.41) is 0.307. The zero-order valence-corrected chi connectivity index (χ0v) is 12.0. The Hall–Kier alpha value is -2.40. The first-order valence-electron chi connectivity index (χ1n) is 6.49. The highest BCUT2D eigenvalue weighted by atomic mass is 35.5. The number of aromatic nitrogens is 2. The first-order chi connectivity index (χ1) is 10.6. The molecule has 1 aromatic heterocycles. The topological polar surface area (TPSA) is 37.9 Å². The van der Waals surface area contributed by atoms with E-state index in [1.807, 2.05) is 24.3 Å². The third-order valence-electron chi connectivity index (χ3n) is 3.03. The zero-order chi connectivity index (χ0) is 15.5. The minimum atomic E-state index is -2.89. The predicted molar refractivity (Wildman–Crippen MR) is 82.9 cm³/mol. The summed E-state index contributed by atoms with van der Waals surface area (Å²) in [4.78, 5) is 7.43. The van der Waals surface area contributed by atoms with E-state index in [9.17, 15) is 8.78 Å². The fraction of sp³-hybridized carbons (Fsp3) is 0.0625. The van der Waals surface area contributed by atoms with Crippen molar-refractivity contribution < 1.29 is 13.5 Å². The lowest BCUT2D eigenvalue weighted by Gasteiger charge is -2.07. The zero-order valence-electron chi connectivity index (χ0n) is 11.3. The normalized spacial score (nSPS) is 12.1. The maximum absolute atomic E-state index is 12.4. The number of aromatic amines is 1. The lowest BCUT2D eigenvalue weighted by Crippen LogP contribution is -2.03. The van der Waals surface area contributed by atoms with Crippen LogP contribution >= 0.6 is 11.6 Å². The quantitative estimate of drug-likeness (QED) is 0.742. The average Bonchev–Trinajstić information content (AvgIpc) is 2.93. The third kappa shape index (κ3) is 3.09. The Morgan fingerprint density at radius 3 is 2.64 bits per heavy atom. The first kappa shape index (κ1) is 14.5. The van der Waals surface area contributed by atoms with E-state index in [4.69, 9.17) is 11.6 Å². The van der Waals surface area contributed by atoms with Crippen molar-refractivity contribution in [2.75, 3.05) is 0 Å². The van der Waals surface area contributed by atoms with Gasteiger partial charge in [-0.25, -0.2) is 4.98 Å². The second-order valence-corrected chi connectivity index (χ2v) is 4.92. The summed E-state index contributed by atoms with van der Waals surface area (Å²) in [7, 11) is 0. The average molecular weight is 321 g/mol. The van der Waals surface area contributed by atoms with Crippen LogP contribution < -0.4 is 4.74 Å². The summed E-state index contributed by atoms with van der Waals surface area (Å²) in [6, 6.07) is 13.9. The molecule has 3 rings (SSSR count). The summed E-state index contributed by atoms with van der Waals surface area (Å²) in [6.07, 6.45) is 1.54. The second kappa shape index (κ2) is 6.15. The van der Waals surface area contributed by atoms with Gasteiger partial charge >= 0.3 is 6.61 Å². The van der Waals surface area contributed by atoms with Crippen LogP contribution in [0, 0.1) is 0 Å². The maximum atomic E-state index is 12.4. The molecule has 0 bridgehead atoms. The molecule has 0 fully saturated rings. The molecule has 0 saturated heterocycles. The number of rotatable bonds is 4. The second-order valence-electron chi connectivity index (χ2n) is 4.51. The summed E-state index contributed by atoms with van der Waals surface area (Å²) in [6.45, 7) is -2.89. The van der Waals surface area contributed by atoms with Gasteiger partial charge in [0.25, 0.3) is 0 Å². The lowest BCUT2D eigenvalue weighted by molar-refractivity contribution is -0.0499. The Bertz CT molecular complexity index is 797. The van der Waals surface area contributed by atoms with E-state index in [1.54, 1.807) is 18.2 Å². The fourth-order valence-electron chi connectivity index (χ4n) is 2.07. The molecule has 0 aliphatic heterocycles. The Morgan fingerprint density at radius 2 is 1.86 bits per heavy atom. The highest BCUT2D eigenvalue weighted by molar-refractivity contribution is 6.50.